The Hall–Kier alpha value is -1.22. The van der Waals surface area contributed by atoms with Gasteiger partial charge in [-0.05, 0) is 39.3 Å². The fourth-order valence-corrected chi connectivity index (χ4v) is 1.38. The summed E-state index contributed by atoms with van der Waals surface area (Å²) in [6, 6.07) is 3.58. The van der Waals surface area contributed by atoms with Gasteiger partial charge in [0.1, 0.15) is 0 Å². The van der Waals surface area contributed by atoms with Gasteiger partial charge in [-0.15, -0.1) is 0 Å². The first-order chi connectivity index (χ1) is 7.44. The van der Waals surface area contributed by atoms with E-state index in [1.54, 1.807) is 19.4 Å². The summed E-state index contributed by atoms with van der Waals surface area (Å²) in [7, 11) is 1.67. The predicted molar refractivity (Wildman–Crippen MR) is 63.6 cm³/mol. The minimum absolute atomic E-state index is 0.149. The normalized spacial score (nSPS) is 11.5. The summed E-state index contributed by atoms with van der Waals surface area (Å²) >= 11 is 0. The first-order valence-electron chi connectivity index (χ1n) is 5.45. The molecule has 1 rings (SSSR count). The molecule has 0 atom stereocenters. The third-order valence-corrected chi connectivity index (χ3v) is 2.73. The van der Waals surface area contributed by atoms with Crippen LogP contribution in [-0.4, -0.2) is 23.5 Å². The molecule has 0 fully saturated rings. The summed E-state index contributed by atoms with van der Waals surface area (Å²) in [6.07, 6.45) is 2.90. The zero-order valence-electron chi connectivity index (χ0n) is 10.4. The predicted octanol–water partition coefficient (Wildman–Crippen LogP) is 2.78. The molecule has 16 heavy (non-hydrogen) atoms. The molecular formula is C13H19NO2. The number of pyridine rings is 1. The van der Waals surface area contributed by atoms with E-state index in [9.17, 15) is 4.79 Å². The Labute approximate surface area is 96.8 Å². The molecule has 3 heteroatoms. The van der Waals surface area contributed by atoms with Crippen LogP contribution in [0.5, 0.6) is 0 Å². The standard InChI is InChI=1S/C13H19NO2/c1-10-9-11(6-8-14-10)12(15)5-7-13(2,3)16-4/h6,8-9H,5,7H2,1-4H3. The van der Waals surface area contributed by atoms with Crippen LogP contribution in [0, 0.1) is 6.92 Å². The quantitative estimate of drug-likeness (QED) is 0.718. The number of hydrogen-bond acceptors (Lipinski definition) is 3. The molecule has 0 aromatic carbocycles. The summed E-state index contributed by atoms with van der Waals surface area (Å²) in [6.45, 7) is 5.85. The van der Waals surface area contributed by atoms with Crippen LogP contribution in [0.3, 0.4) is 0 Å². The summed E-state index contributed by atoms with van der Waals surface area (Å²) < 4.78 is 5.28. The fourth-order valence-electron chi connectivity index (χ4n) is 1.38. The summed E-state index contributed by atoms with van der Waals surface area (Å²) in [5.41, 5.74) is 1.37. The molecule has 0 spiro atoms. The monoisotopic (exact) mass is 221 g/mol. The minimum atomic E-state index is -0.238. The van der Waals surface area contributed by atoms with Crippen molar-refractivity contribution in [1.29, 1.82) is 0 Å². The number of hydrogen-bond donors (Lipinski definition) is 0. The summed E-state index contributed by atoms with van der Waals surface area (Å²) in [5.74, 6) is 0.149. The van der Waals surface area contributed by atoms with Crippen molar-refractivity contribution in [3.63, 3.8) is 0 Å². The van der Waals surface area contributed by atoms with E-state index in [1.165, 1.54) is 0 Å². The third kappa shape index (κ3) is 3.74. The van der Waals surface area contributed by atoms with Crippen LogP contribution in [0.1, 0.15) is 42.7 Å². The van der Waals surface area contributed by atoms with Crippen LogP contribution in [0.2, 0.25) is 0 Å². The van der Waals surface area contributed by atoms with Crippen molar-refractivity contribution >= 4 is 5.78 Å². The van der Waals surface area contributed by atoms with Crippen molar-refractivity contribution in [2.45, 2.75) is 39.2 Å². The van der Waals surface area contributed by atoms with Crippen molar-refractivity contribution in [3.05, 3.63) is 29.6 Å². The summed E-state index contributed by atoms with van der Waals surface area (Å²) in [5, 5.41) is 0. The highest BCUT2D eigenvalue weighted by molar-refractivity contribution is 5.96. The lowest BCUT2D eigenvalue weighted by molar-refractivity contribution is 0.0141. The van der Waals surface area contributed by atoms with Gasteiger partial charge in [0.25, 0.3) is 0 Å². The van der Waals surface area contributed by atoms with Crippen molar-refractivity contribution in [3.8, 4) is 0 Å². The highest BCUT2D eigenvalue weighted by atomic mass is 16.5. The van der Waals surface area contributed by atoms with Crippen LogP contribution >= 0.6 is 0 Å². The lowest BCUT2D eigenvalue weighted by Gasteiger charge is -2.22. The van der Waals surface area contributed by atoms with Gasteiger partial charge in [-0.25, -0.2) is 0 Å². The maximum atomic E-state index is 11.9. The van der Waals surface area contributed by atoms with E-state index in [-0.39, 0.29) is 11.4 Å². The molecule has 0 aliphatic heterocycles. The lowest BCUT2D eigenvalue weighted by Crippen LogP contribution is -2.23. The van der Waals surface area contributed by atoms with E-state index in [1.807, 2.05) is 26.8 Å². The molecule has 1 aromatic rings. The molecule has 0 radical (unpaired) electrons. The van der Waals surface area contributed by atoms with Gasteiger partial charge in [0.05, 0.1) is 5.60 Å². The molecule has 1 aromatic heterocycles. The first-order valence-corrected chi connectivity index (χ1v) is 5.45. The van der Waals surface area contributed by atoms with Crippen LogP contribution in [-0.2, 0) is 4.74 Å². The van der Waals surface area contributed by atoms with Crippen molar-refractivity contribution in [2.24, 2.45) is 0 Å². The molecule has 3 nitrogen and oxygen atoms in total. The second kappa shape index (κ2) is 5.21. The van der Waals surface area contributed by atoms with Gasteiger partial charge in [-0.3, -0.25) is 9.78 Å². The topological polar surface area (TPSA) is 39.2 Å². The molecule has 0 unspecified atom stereocenters. The highest BCUT2D eigenvalue weighted by Gasteiger charge is 2.18. The maximum Gasteiger partial charge on any atom is 0.163 e. The maximum absolute atomic E-state index is 11.9. The molecule has 0 saturated heterocycles. The number of Topliss-reactive ketones (excluding diaryl/α,β-unsaturated/α-hetero) is 1. The number of aromatic nitrogens is 1. The van der Waals surface area contributed by atoms with Gasteiger partial charge >= 0.3 is 0 Å². The van der Waals surface area contributed by atoms with E-state index in [0.717, 1.165) is 17.7 Å². The van der Waals surface area contributed by atoms with Crippen LogP contribution in [0.15, 0.2) is 18.3 Å². The molecule has 0 aliphatic rings. The molecule has 0 bridgehead atoms. The Kier molecular flexibility index (Phi) is 4.19. The van der Waals surface area contributed by atoms with E-state index in [4.69, 9.17) is 4.74 Å². The van der Waals surface area contributed by atoms with E-state index < -0.39 is 0 Å². The van der Waals surface area contributed by atoms with Gasteiger partial charge in [-0.2, -0.15) is 0 Å². The van der Waals surface area contributed by atoms with Crippen molar-refractivity contribution < 1.29 is 9.53 Å². The second-order valence-corrected chi connectivity index (χ2v) is 4.57. The first kappa shape index (κ1) is 12.8. The molecule has 1 heterocycles. The number of ketones is 1. The van der Waals surface area contributed by atoms with Gasteiger partial charge in [0, 0.05) is 31.0 Å². The Morgan fingerprint density at radius 1 is 1.50 bits per heavy atom. The lowest BCUT2D eigenvalue weighted by atomic mass is 9.98. The molecule has 0 amide bonds. The number of rotatable bonds is 5. The zero-order valence-corrected chi connectivity index (χ0v) is 10.4. The van der Waals surface area contributed by atoms with E-state index >= 15 is 0 Å². The molecular weight excluding hydrogens is 202 g/mol. The average molecular weight is 221 g/mol. The van der Waals surface area contributed by atoms with Crippen LogP contribution < -0.4 is 0 Å². The Balaban J connectivity index is 2.60. The number of carbonyl (C=O) groups excluding carboxylic acids is 1. The summed E-state index contributed by atoms with van der Waals surface area (Å²) in [4.78, 5) is 15.9. The fraction of sp³-hybridized carbons (Fsp3) is 0.538. The molecule has 88 valence electrons. The molecule has 0 N–H and O–H groups in total. The Morgan fingerprint density at radius 2 is 2.19 bits per heavy atom. The number of aryl methyl sites for hydroxylation is 1. The smallest absolute Gasteiger partial charge is 0.163 e. The number of ether oxygens (including phenoxy) is 1. The Bertz CT molecular complexity index is 372. The second-order valence-electron chi connectivity index (χ2n) is 4.57. The molecule has 0 saturated carbocycles. The van der Waals surface area contributed by atoms with Crippen LogP contribution in [0.4, 0.5) is 0 Å². The Morgan fingerprint density at radius 3 is 2.75 bits per heavy atom. The van der Waals surface area contributed by atoms with Gasteiger partial charge in [0.15, 0.2) is 5.78 Å². The molecule has 0 aliphatic carbocycles. The minimum Gasteiger partial charge on any atom is -0.379 e. The number of methoxy groups -OCH3 is 1. The number of carbonyl (C=O) groups is 1. The van der Waals surface area contributed by atoms with Crippen molar-refractivity contribution in [2.75, 3.05) is 7.11 Å². The van der Waals surface area contributed by atoms with Gasteiger partial charge < -0.3 is 4.74 Å². The third-order valence-electron chi connectivity index (χ3n) is 2.73. The highest BCUT2D eigenvalue weighted by Crippen LogP contribution is 2.17. The van der Waals surface area contributed by atoms with Crippen LogP contribution in [0.25, 0.3) is 0 Å². The number of nitrogens with zero attached hydrogens (tertiary/aromatic N) is 1. The van der Waals surface area contributed by atoms with Gasteiger partial charge in [-0.1, -0.05) is 0 Å². The van der Waals surface area contributed by atoms with E-state index in [2.05, 4.69) is 4.98 Å². The van der Waals surface area contributed by atoms with Gasteiger partial charge in [0.2, 0.25) is 0 Å². The van der Waals surface area contributed by atoms with Crippen molar-refractivity contribution in [1.82, 2.24) is 4.98 Å². The van der Waals surface area contributed by atoms with E-state index in [0.29, 0.717) is 6.42 Å². The zero-order chi connectivity index (χ0) is 12.2. The largest absolute Gasteiger partial charge is 0.379 e. The average Bonchev–Trinajstić information content (AvgIpc) is 2.26. The SMILES string of the molecule is COC(C)(C)CCC(=O)c1ccnc(C)c1.